The summed E-state index contributed by atoms with van der Waals surface area (Å²) in [6, 6.07) is 1.99. The van der Waals surface area contributed by atoms with Gasteiger partial charge in [-0.1, -0.05) is 0 Å². The number of nitrogens with zero attached hydrogens (tertiary/aromatic N) is 2. The van der Waals surface area contributed by atoms with Crippen LogP contribution in [-0.2, 0) is 4.74 Å². The molecule has 0 saturated carbocycles. The predicted octanol–water partition coefficient (Wildman–Crippen LogP) is 2.31. The number of hydrogen-bond acceptors (Lipinski definition) is 4. The molecule has 5 nitrogen and oxygen atoms in total. The molecule has 2 aromatic heterocycles. The highest BCUT2D eigenvalue weighted by atomic mass is 32.1. The highest BCUT2D eigenvalue weighted by Crippen LogP contribution is 2.23. The average molecular weight is 291 g/mol. The lowest BCUT2D eigenvalue weighted by Gasteiger charge is -2.32. The van der Waals surface area contributed by atoms with Crippen molar-refractivity contribution in [2.24, 2.45) is 0 Å². The molecule has 0 spiro atoms. The van der Waals surface area contributed by atoms with Gasteiger partial charge in [-0.3, -0.25) is 4.79 Å². The molecule has 1 saturated heterocycles. The Hall–Kier alpha value is -1.66. The zero-order valence-corrected chi connectivity index (χ0v) is 12.4. The molecule has 3 heterocycles. The van der Waals surface area contributed by atoms with Crippen LogP contribution in [0.3, 0.4) is 0 Å². The Morgan fingerprint density at radius 1 is 1.60 bits per heavy atom. The van der Waals surface area contributed by atoms with Gasteiger partial charge in [-0.25, -0.2) is 4.98 Å². The largest absolute Gasteiger partial charge is 0.377 e. The van der Waals surface area contributed by atoms with E-state index in [2.05, 4.69) is 9.97 Å². The van der Waals surface area contributed by atoms with Crippen molar-refractivity contribution in [3.63, 3.8) is 0 Å². The Labute approximate surface area is 121 Å². The maximum absolute atomic E-state index is 12.5. The van der Waals surface area contributed by atoms with E-state index in [4.69, 9.17) is 4.74 Å². The molecule has 1 amide bonds. The summed E-state index contributed by atoms with van der Waals surface area (Å²) in [5.41, 5.74) is 2.48. The molecule has 3 rings (SSSR count). The third-order valence-corrected chi connectivity index (χ3v) is 4.23. The van der Waals surface area contributed by atoms with E-state index in [1.807, 2.05) is 36.4 Å². The van der Waals surface area contributed by atoms with Crippen molar-refractivity contribution >= 4 is 17.2 Å². The second kappa shape index (κ2) is 5.38. The third-order valence-electron chi connectivity index (χ3n) is 3.46. The molecule has 0 unspecified atom stereocenters. The van der Waals surface area contributed by atoms with Crippen molar-refractivity contribution in [3.8, 4) is 11.3 Å². The van der Waals surface area contributed by atoms with E-state index < -0.39 is 0 Å². The van der Waals surface area contributed by atoms with E-state index in [1.165, 1.54) is 0 Å². The fraction of sp³-hybridized carbons (Fsp3) is 0.429. The predicted molar refractivity (Wildman–Crippen MR) is 78.0 cm³/mol. The lowest BCUT2D eigenvalue weighted by molar-refractivity contribution is 0.00331. The molecule has 1 fully saturated rings. The van der Waals surface area contributed by atoms with E-state index in [1.54, 1.807) is 11.3 Å². The minimum atomic E-state index is 0.0269. The van der Waals surface area contributed by atoms with Crippen LogP contribution in [0.1, 0.15) is 22.4 Å². The van der Waals surface area contributed by atoms with Gasteiger partial charge >= 0.3 is 0 Å². The first kappa shape index (κ1) is 13.3. The maximum Gasteiger partial charge on any atom is 0.270 e. The number of amides is 1. The van der Waals surface area contributed by atoms with E-state index in [-0.39, 0.29) is 11.9 Å². The second-order valence-electron chi connectivity index (χ2n) is 4.98. The van der Waals surface area contributed by atoms with Crippen LogP contribution in [-0.4, -0.2) is 46.6 Å². The van der Waals surface area contributed by atoms with Crippen LogP contribution >= 0.6 is 11.3 Å². The van der Waals surface area contributed by atoms with Crippen LogP contribution in [0, 0.1) is 6.92 Å². The van der Waals surface area contributed by atoms with E-state index in [9.17, 15) is 4.79 Å². The number of hydrogen-bond donors (Lipinski definition) is 1. The zero-order valence-electron chi connectivity index (χ0n) is 11.5. The molecule has 0 radical (unpaired) electrons. The van der Waals surface area contributed by atoms with Crippen molar-refractivity contribution < 1.29 is 9.53 Å². The molecule has 106 valence electrons. The highest BCUT2D eigenvalue weighted by molar-refractivity contribution is 7.09. The summed E-state index contributed by atoms with van der Waals surface area (Å²) in [5, 5.41) is 3.03. The fourth-order valence-corrected chi connectivity index (χ4v) is 2.97. The lowest BCUT2D eigenvalue weighted by atomic mass is 10.2. The summed E-state index contributed by atoms with van der Waals surface area (Å²) in [7, 11) is 0. The monoisotopic (exact) mass is 291 g/mol. The molecule has 2 aromatic rings. The van der Waals surface area contributed by atoms with Gasteiger partial charge in [0.15, 0.2) is 0 Å². The smallest absolute Gasteiger partial charge is 0.270 e. The van der Waals surface area contributed by atoms with Crippen molar-refractivity contribution in [1.82, 2.24) is 14.9 Å². The summed E-state index contributed by atoms with van der Waals surface area (Å²) in [5.74, 6) is 0.0269. The topological polar surface area (TPSA) is 58.2 Å². The Morgan fingerprint density at radius 2 is 2.45 bits per heavy atom. The van der Waals surface area contributed by atoms with Crippen molar-refractivity contribution in [2.75, 3.05) is 19.8 Å². The van der Waals surface area contributed by atoms with Crippen LogP contribution in [0.25, 0.3) is 11.3 Å². The van der Waals surface area contributed by atoms with Crippen molar-refractivity contribution in [2.45, 2.75) is 19.9 Å². The number of thiazole rings is 1. The molecule has 1 atom stereocenters. The normalized spacial score (nSPS) is 19.3. The van der Waals surface area contributed by atoms with Crippen LogP contribution in [0.5, 0.6) is 0 Å². The highest BCUT2D eigenvalue weighted by Gasteiger charge is 2.25. The van der Waals surface area contributed by atoms with Crippen LogP contribution < -0.4 is 0 Å². The number of nitrogens with one attached hydrogen (secondary N) is 1. The van der Waals surface area contributed by atoms with Gasteiger partial charge in [0, 0.05) is 23.7 Å². The number of aromatic nitrogens is 2. The van der Waals surface area contributed by atoms with E-state index in [0.29, 0.717) is 25.5 Å². The number of aryl methyl sites for hydroxylation is 1. The quantitative estimate of drug-likeness (QED) is 0.923. The molecule has 1 aliphatic rings. The summed E-state index contributed by atoms with van der Waals surface area (Å²) in [6.07, 6.45) is 1.84. The molecular formula is C14H17N3O2S. The van der Waals surface area contributed by atoms with Gasteiger partial charge in [-0.05, 0) is 19.9 Å². The molecule has 0 aliphatic carbocycles. The molecule has 1 N–H and O–H groups in total. The average Bonchev–Trinajstić information content (AvgIpc) is 3.07. The lowest BCUT2D eigenvalue weighted by Crippen LogP contribution is -2.47. The minimum Gasteiger partial charge on any atom is -0.377 e. The molecule has 0 aromatic carbocycles. The summed E-state index contributed by atoms with van der Waals surface area (Å²) in [4.78, 5) is 21.8. The zero-order chi connectivity index (χ0) is 14.1. The Morgan fingerprint density at radius 3 is 3.15 bits per heavy atom. The van der Waals surface area contributed by atoms with Crippen molar-refractivity contribution in [1.29, 1.82) is 0 Å². The molecule has 6 heteroatoms. The van der Waals surface area contributed by atoms with E-state index >= 15 is 0 Å². The first-order valence-electron chi connectivity index (χ1n) is 6.65. The standard InChI is InChI=1S/C14H17N3O2S/c1-9-7-19-4-3-17(9)14(18)12-5-11(6-15-12)13-8-20-10(2)16-13/h5-6,8-9,15H,3-4,7H2,1-2H3/t9-/m1/s1. The van der Waals surface area contributed by atoms with Crippen LogP contribution in [0.2, 0.25) is 0 Å². The van der Waals surface area contributed by atoms with Gasteiger partial charge in [-0.2, -0.15) is 0 Å². The van der Waals surface area contributed by atoms with Gasteiger partial charge in [-0.15, -0.1) is 11.3 Å². The Bertz CT molecular complexity index is 619. The SMILES string of the molecule is Cc1nc(-c2c[nH]c(C(=O)N3CCOC[C@H]3C)c2)cs1. The number of H-pyrrole nitrogens is 1. The number of aromatic amines is 1. The fourth-order valence-electron chi connectivity index (χ4n) is 2.35. The number of rotatable bonds is 2. The Kier molecular flexibility index (Phi) is 3.58. The number of carbonyl (C=O) groups is 1. The van der Waals surface area contributed by atoms with Gasteiger partial charge in [0.1, 0.15) is 5.69 Å². The second-order valence-corrected chi connectivity index (χ2v) is 6.04. The van der Waals surface area contributed by atoms with Gasteiger partial charge < -0.3 is 14.6 Å². The first-order chi connectivity index (χ1) is 9.65. The molecule has 0 bridgehead atoms. The number of ether oxygens (including phenoxy) is 1. The summed E-state index contributed by atoms with van der Waals surface area (Å²) < 4.78 is 5.36. The van der Waals surface area contributed by atoms with Crippen molar-refractivity contribution in [3.05, 3.63) is 28.3 Å². The third kappa shape index (κ3) is 2.48. The van der Waals surface area contributed by atoms with Gasteiger partial charge in [0.25, 0.3) is 5.91 Å². The number of morpholine rings is 1. The summed E-state index contributed by atoms with van der Waals surface area (Å²) in [6.45, 7) is 5.83. The molecule has 1 aliphatic heterocycles. The molecular weight excluding hydrogens is 274 g/mol. The van der Waals surface area contributed by atoms with E-state index in [0.717, 1.165) is 16.3 Å². The van der Waals surface area contributed by atoms with Gasteiger partial charge in [0.05, 0.1) is 30.0 Å². The molecule has 20 heavy (non-hydrogen) atoms. The van der Waals surface area contributed by atoms with Crippen LogP contribution in [0.15, 0.2) is 17.6 Å². The number of carbonyl (C=O) groups excluding carboxylic acids is 1. The summed E-state index contributed by atoms with van der Waals surface area (Å²) >= 11 is 1.61. The van der Waals surface area contributed by atoms with Gasteiger partial charge in [0.2, 0.25) is 0 Å². The van der Waals surface area contributed by atoms with Crippen LogP contribution in [0.4, 0.5) is 0 Å². The first-order valence-corrected chi connectivity index (χ1v) is 7.53. The maximum atomic E-state index is 12.5. The minimum absolute atomic E-state index is 0.0269. The Balaban J connectivity index is 1.81.